The number of rotatable bonds is 2. The summed E-state index contributed by atoms with van der Waals surface area (Å²) in [6, 6.07) is 6.92. The second kappa shape index (κ2) is 4.50. The van der Waals surface area contributed by atoms with Crippen LogP contribution in [0.15, 0.2) is 24.3 Å². The van der Waals surface area contributed by atoms with Gasteiger partial charge in [-0.15, -0.1) is 0 Å². The maximum absolute atomic E-state index is 13.4. The quantitative estimate of drug-likeness (QED) is 0.814. The van der Waals surface area contributed by atoms with Crippen LogP contribution in [0, 0.1) is 0 Å². The highest BCUT2D eigenvalue weighted by molar-refractivity contribution is 5.34. The number of halogens is 2. The van der Waals surface area contributed by atoms with Crippen LogP contribution >= 0.6 is 0 Å². The SMILES string of the molecule is CC(F)(F)c1ccccc1C1CCCNC1. The monoisotopic (exact) mass is 225 g/mol. The van der Waals surface area contributed by atoms with Crippen LogP contribution in [0.2, 0.25) is 0 Å². The Balaban J connectivity index is 2.32. The van der Waals surface area contributed by atoms with E-state index in [9.17, 15) is 8.78 Å². The van der Waals surface area contributed by atoms with Crippen LogP contribution in [-0.4, -0.2) is 13.1 Å². The second-order valence-electron chi connectivity index (χ2n) is 4.52. The van der Waals surface area contributed by atoms with Crippen molar-refractivity contribution in [3.05, 3.63) is 35.4 Å². The lowest BCUT2D eigenvalue weighted by atomic mass is 9.87. The van der Waals surface area contributed by atoms with Crippen molar-refractivity contribution >= 4 is 0 Å². The van der Waals surface area contributed by atoms with Gasteiger partial charge in [-0.3, -0.25) is 0 Å². The lowest BCUT2D eigenvalue weighted by Crippen LogP contribution is -2.29. The molecule has 1 aromatic carbocycles. The van der Waals surface area contributed by atoms with Crippen LogP contribution in [0.5, 0.6) is 0 Å². The van der Waals surface area contributed by atoms with Gasteiger partial charge in [0.15, 0.2) is 0 Å². The molecule has 1 N–H and O–H groups in total. The average Bonchev–Trinajstić information content (AvgIpc) is 2.29. The largest absolute Gasteiger partial charge is 0.316 e. The Hall–Kier alpha value is -0.960. The molecule has 1 atom stereocenters. The molecular formula is C13H17F2N. The van der Waals surface area contributed by atoms with Crippen LogP contribution in [0.1, 0.15) is 36.8 Å². The summed E-state index contributed by atoms with van der Waals surface area (Å²) < 4.78 is 26.9. The zero-order chi connectivity index (χ0) is 11.6. The molecule has 1 unspecified atom stereocenters. The zero-order valence-electron chi connectivity index (χ0n) is 9.47. The first-order chi connectivity index (χ1) is 7.59. The molecule has 1 saturated heterocycles. The lowest BCUT2D eigenvalue weighted by Gasteiger charge is -2.26. The van der Waals surface area contributed by atoms with Crippen molar-refractivity contribution in [1.82, 2.24) is 5.32 Å². The fourth-order valence-corrected chi connectivity index (χ4v) is 2.37. The highest BCUT2D eigenvalue weighted by atomic mass is 19.3. The minimum absolute atomic E-state index is 0.184. The number of benzene rings is 1. The Kier molecular flexibility index (Phi) is 3.24. The molecule has 16 heavy (non-hydrogen) atoms. The molecule has 1 aliphatic rings. The van der Waals surface area contributed by atoms with E-state index < -0.39 is 5.92 Å². The van der Waals surface area contributed by atoms with Gasteiger partial charge in [-0.25, -0.2) is 8.78 Å². The predicted octanol–water partition coefficient (Wildman–Crippen LogP) is 3.27. The Morgan fingerprint density at radius 1 is 1.31 bits per heavy atom. The molecule has 0 aliphatic carbocycles. The van der Waals surface area contributed by atoms with E-state index >= 15 is 0 Å². The molecule has 0 saturated carbocycles. The lowest BCUT2D eigenvalue weighted by molar-refractivity contribution is 0.0160. The molecule has 0 spiro atoms. The van der Waals surface area contributed by atoms with E-state index in [-0.39, 0.29) is 11.5 Å². The molecular weight excluding hydrogens is 208 g/mol. The molecule has 1 fully saturated rings. The van der Waals surface area contributed by atoms with Gasteiger partial charge >= 0.3 is 0 Å². The van der Waals surface area contributed by atoms with E-state index in [1.165, 1.54) is 0 Å². The third-order valence-corrected chi connectivity index (χ3v) is 3.17. The highest BCUT2D eigenvalue weighted by Crippen LogP contribution is 2.35. The summed E-state index contributed by atoms with van der Waals surface area (Å²) in [5.41, 5.74) is 0.992. The van der Waals surface area contributed by atoms with E-state index in [4.69, 9.17) is 0 Å². The molecule has 88 valence electrons. The topological polar surface area (TPSA) is 12.0 Å². The second-order valence-corrected chi connectivity index (χ2v) is 4.52. The van der Waals surface area contributed by atoms with Gasteiger partial charge in [-0.05, 0) is 30.9 Å². The Morgan fingerprint density at radius 3 is 2.69 bits per heavy atom. The number of alkyl halides is 2. The van der Waals surface area contributed by atoms with Gasteiger partial charge < -0.3 is 5.32 Å². The van der Waals surface area contributed by atoms with Gasteiger partial charge in [0.25, 0.3) is 5.92 Å². The van der Waals surface area contributed by atoms with Crippen molar-refractivity contribution in [2.24, 2.45) is 0 Å². The number of nitrogens with one attached hydrogen (secondary N) is 1. The summed E-state index contributed by atoms with van der Waals surface area (Å²) in [6.07, 6.45) is 2.06. The van der Waals surface area contributed by atoms with E-state index in [1.54, 1.807) is 12.1 Å². The molecule has 2 rings (SSSR count). The number of piperidine rings is 1. The normalized spacial score (nSPS) is 22.1. The van der Waals surface area contributed by atoms with Crippen molar-refractivity contribution < 1.29 is 8.78 Å². The highest BCUT2D eigenvalue weighted by Gasteiger charge is 2.30. The standard InChI is InChI=1S/C13H17F2N/c1-13(14,15)12-7-3-2-6-11(12)10-5-4-8-16-9-10/h2-3,6-7,10,16H,4-5,8-9H2,1H3. The average molecular weight is 225 g/mol. The van der Waals surface area contributed by atoms with Crippen molar-refractivity contribution in [1.29, 1.82) is 0 Å². The summed E-state index contributed by atoms with van der Waals surface area (Å²) in [5.74, 6) is -2.51. The number of hydrogen-bond donors (Lipinski definition) is 1. The fourth-order valence-electron chi connectivity index (χ4n) is 2.37. The molecule has 0 aromatic heterocycles. The molecule has 0 bridgehead atoms. The molecule has 0 amide bonds. The van der Waals surface area contributed by atoms with Gasteiger partial charge in [-0.1, -0.05) is 24.3 Å². The van der Waals surface area contributed by atoms with Gasteiger partial charge in [0.1, 0.15) is 0 Å². The Bertz CT molecular complexity index is 351. The van der Waals surface area contributed by atoms with E-state index in [0.29, 0.717) is 0 Å². The van der Waals surface area contributed by atoms with E-state index in [1.807, 2.05) is 12.1 Å². The van der Waals surface area contributed by atoms with Crippen molar-refractivity contribution in [2.45, 2.75) is 31.6 Å². The maximum Gasteiger partial charge on any atom is 0.270 e. The summed E-state index contributed by atoms with van der Waals surface area (Å²) >= 11 is 0. The minimum Gasteiger partial charge on any atom is -0.316 e. The van der Waals surface area contributed by atoms with Gasteiger partial charge in [0.05, 0.1) is 0 Å². The van der Waals surface area contributed by atoms with Crippen molar-refractivity contribution in [3.8, 4) is 0 Å². The molecule has 3 heteroatoms. The third-order valence-electron chi connectivity index (χ3n) is 3.17. The summed E-state index contributed by atoms with van der Waals surface area (Å²) in [5, 5.41) is 3.27. The molecule has 1 aromatic rings. The zero-order valence-corrected chi connectivity index (χ0v) is 9.47. The Morgan fingerprint density at radius 2 is 2.06 bits per heavy atom. The third kappa shape index (κ3) is 2.40. The molecule has 1 aliphatic heterocycles. The maximum atomic E-state index is 13.4. The first kappa shape index (κ1) is 11.5. The van der Waals surface area contributed by atoms with Crippen LogP contribution in [0.3, 0.4) is 0 Å². The minimum atomic E-state index is -2.74. The van der Waals surface area contributed by atoms with Crippen LogP contribution in [0.25, 0.3) is 0 Å². The summed E-state index contributed by atoms with van der Waals surface area (Å²) in [4.78, 5) is 0. The predicted molar refractivity (Wildman–Crippen MR) is 60.9 cm³/mol. The molecule has 1 nitrogen and oxygen atoms in total. The van der Waals surface area contributed by atoms with Crippen LogP contribution in [0.4, 0.5) is 8.78 Å². The van der Waals surface area contributed by atoms with Gasteiger partial charge in [-0.2, -0.15) is 0 Å². The van der Waals surface area contributed by atoms with Gasteiger partial charge in [0.2, 0.25) is 0 Å². The molecule has 1 heterocycles. The smallest absolute Gasteiger partial charge is 0.270 e. The van der Waals surface area contributed by atoms with Crippen LogP contribution < -0.4 is 5.32 Å². The Labute approximate surface area is 94.9 Å². The van der Waals surface area contributed by atoms with E-state index in [2.05, 4.69) is 5.32 Å². The van der Waals surface area contributed by atoms with E-state index in [0.717, 1.165) is 38.4 Å². The first-order valence-corrected chi connectivity index (χ1v) is 5.77. The van der Waals surface area contributed by atoms with Crippen LogP contribution in [-0.2, 0) is 5.92 Å². The number of hydrogen-bond acceptors (Lipinski definition) is 1. The van der Waals surface area contributed by atoms with Crippen molar-refractivity contribution in [2.75, 3.05) is 13.1 Å². The van der Waals surface area contributed by atoms with Crippen molar-refractivity contribution in [3.63, 3.8) is 0 Å². The first-order valence-electron chi connectivity index (χ1n) is 5.77. The fraction of sp³-hybridized carbons (Fsp3) is 0.538. The molecule has 0 radical (unpaired) electrons. The summed E-state index contributed by atoms with van der Waals surface area (Å²) in [6.45, 7) is 2.79. The van der Waals surface area contributed by atoms with Gasteiger partial charge in [0, 0.05) is 19.0 Å². The summed E-state index contributed by atoms with van der Waals surface area (Å²) in [7, 11) is 0.